The Morgan fingerprint density at radius 2 is 1.95 bits per heavy atom. The third kappa shape index (κ3) is 4.56. The first kappa shape index (κ1) is 17.7. The zero-order valence-electron chi connectivity index (χ0n) is 12.3. The maximum absolute atomic E-state index is 12.5. The van der Waals surface area contributed by atoms with Crippen molar-refractivity contribution < 1.29 is 4.79 Å². The fourth-order valence-corrected chi connectivity index (χ4v) is 2.64. The zero-order valence-corrected chi connectivity index (χ0v) is 13.9. The largest absolute Gasteiger partial charge is 0.330 e. The van der Waals surface area contributed by atoms with Crippen molar-refractivity contribution in [3.63, 3.8) is 0 Å². The number of nitrogens with zero attached hydrogens (tertiary/aromatic N) is 1. The highest BCUT2D eigenvalue weighted by Crippen LogP contribution is 2.22. The molecule has 0 spiro atoms. The third-order valence-electron chi connectivity index (χ3n) is 3.28. The molecule has 0 fully saturated rings. The van der Waals surface area contributed by atoms with Crippen molar-refractivity contribution in [3.8, 4) is 0 Å². The summed E-state index contributed by atoms with van der Waals surface area (Å²) in [5.74, 6) is -0.0963. The summed E-state index contributed by atoms with van der Waals surface area (Å²) in [6, 6.07) is 12.1. The second kappa shape index (κ2) is 8.17. The van der Waals surface area contributed by atoms with Crippen LogP contribution in [0, 0.1) is 12.8 Å². The lowest BCUT2D eigenvalue weighted by Crippen LogP contribution is -2.37. The molecule has 0 aliphatic rings. The minimum Gasteiger partial charge on any atom is -0.330 e. The molecule has 3 nitrogen and oxygen atoms in total. The van der Waals surface area contributed by atoms with E-state index in [1.165, 1.54) is 10.4 Å². The summed E-state index contributed by atoms with van der Waals surface area (Å²) in [5, 5.41) is 2.03. The van der Waals surface area contributed by atoms with Crippen LogP contribution in [0.2, 0.25) is 0 Å². The van der Waals surface area contributed by atoms with Gasteiger partial charge < -0.3 is 10.6 Å². The molecule has 1 unspecified atom stereocenters. The number of thiophene rings is 1. The monoisotopic (exact) mass is 324 g/mol. The fraction of sp³-hybridized carbons (Fsp3) is 0.312. The Bertz CT molecular complexity index is 554. The van der Waals surface area contributed by atoms with Gasteiger partial charge in [-0.3, -0.25) is 4.79 Å². The molecule has 1 amide bonds. The molecule has 0 aliphatic carbocycles. The Balaban J connectivity index is 0.00000220. The van der Waals surface area contributed by atoms with Crippen LogP contribution in [-0.4, -0.2) is 12.5 Å². The molecule has 2 rings (SSSR count). The minimum absolute atomic E-state index is 0. The number of carbonyl (C=O) groups is 1. The van der Waals surface area contributed by atoms with Crippen LogP contribution in [0.4, 0.5) is 5.69 Å². The van der Waals surface area contributed by atoms with Crippen LogP contribution < -0.4 is 10.6 Å². The van der Waals surface area contributed by atoms with Gasteiger partial charge in [0.15, 0.2) is 0 Å². The average Bonchev–Trinajstić information content (AvgIpc) is 2.97. The van der Waals surface area contributed by atoms with Crippen molar-refractivity contribution in [2.24, 2.45) is 11.7 Å². The molecule has 5 heteroatoms. The zero-order chi connectivity index (χ0) is 14.5. The molecule has 1 heterocycles. The quantitative estimate of drug-likeness (QED) is 0.913. The van der Waals surface area contributed by atoms with Crippen LogP contribution in [0.3, 0.4) is 0 Å². The van der Waals surface area contributed by atoms with Gasteiger partial charge in [0, 0.05) is 23.0 Å². The van der Waals surface area contributed by atoms with Gasteiger partial charge in [-0.25, -0.2) is 0 Å². The molecule has 0 saturated heterocycles. The van der Waals surface area contributed by atoms with Crippen LogP contribution >= 0.6 is 23.7 Å². The number of nitrogens with two attached hydrogens (primary N) is 1. The van der Waals surface area contributed by atoms with Gasteiger partial charge in [-0.15, -0.1) is 23.7 Å². The highest BCUT2D eigenvalue weighted by atomic mass is 35.5. The number of hydrogen-bond donors (Lipinski definition) is 1. The van der Waals surface area contributed by atoms with Crippen molar-refractivity contribution in [1.29, 1.82) is 0 Å². The number of amides is 1. The van der Waals surface area contributed by atoms with E-state index in [-0.39, 0.29) is 24.2 Å². The molecule has 21 heavy (non-hydrogen) atoms. The number of aryl methyl sites for hydroxylation is 1. The van der Waals surface area contributed by atoms with E-state index in [9.17, 15) is 4.79 Å². The summed E-state index contributed by atoms with van der Waals surface area (Å²) >= 11 is 1.66. The molecule has 0 saturated carbocycles. The van der Waals surface area contributed by atoms with E-state index in [1.54, 1.807) is 11.3 Å². The predicted octanol–water partition coefficient (Wildman–Crippen LogP) is 3.61. The standard InChI is InChI=1S/C16H20N2OS.ClH/c1-12-5-7-14(8-6-12)18(16(19)13(2)10-17)11-15-4-3-9-20-15;/h3-9,13H,10-11,17H2,1-2H3;1H. The van der Waals surface area contributed by atoms with Gasteiger partial charge in [0.1, 0.15) is 0 Å². The molecule has 2 aromatic rings. The van der Waals surface area contributed by atoms with E-state index >= 15 is 0 Å². The smallest absolute Gasteiger partial charge is 0.231 e. The Morgan fingerprint density at radius 1 is 1.29 bits per heavy atom. The summed E-state index contributed by atoms with van der Waals surface area (Å²) in [6.07, 6.45) is 0. The lowest BCUT2D eigenvalue weighted by atomic mass is 10.1. The van der Waals surface area contributed by atoms with Crippen molar-refractivity contribution in [2.75, 3.05) is 11.4 Å². The van der Waals surface area contributed by atoms with E-state index in [1.807, 2.05) is 60.5 Å². The van der Waals surface area contributed by atoms with Gasteiger partial charge in [-0.2, -0.15) is 0 Å². The SMILES string of the molecule is Cc1ccc(N(Cc2cccs2)C(=O)C(C)CN)cc1.Cl. The molecular weight excluding hydrogens is 304 g/mol. The number of halogens is 1. The van der Waals surface area contributed by atoms with Crippen molar-refractivity contribution in [2.45, 2.75) is 20.4 Å². The Hall–Kier alpha value is -1.36. The summed E-state index contributed by atoms with van der Waals surface area (Å²) < 4.78 is 0. The van der Waals surface area contributed by atoms with E-state index < -0.39 is 0 Å². The summed E-state index contributed by atoms with van der Waals surface area (Å²) in [6.45, 7) is 4.88. The van der Waals surface area contributed by atoms with Crippen LogP contribution in [0.15, 0.2) is 41.8 Å². The van der Waals surface area contributed by atoms with Gasteiger partial charge >= 0.3 is 0 Å². The maximum Gasteiger partial charge on any atom is 0.231 e. The second-order valence-electron chi connectivity index (χ2n) is 4.98. The van der Waals surface area contributed by atoms with Crippen molar-refractivity contribution in [3.05, 3.63) is 52.2 Å². The second-order valence-corrected chi connectivity index (χ2v) is 6.01. The highest BCUT2D eigenvalue weighted by Gasteiger charge is 2.21. The van der Waals surface area contributed by atoms with Crippen LogP contribution in [-0.2, 0) is 11.3 Å². The molecule has 0 aliphatic heterocycles. The van der Waals surface area contributed by atoms with Gasteiger partial charge in [-0.1, -0.05) is 30.7 Å². The first-order chi connectivity index (χ1) is 9.61. The van der Waals surface area contributed by atoms with Gasteiger partial charge in [-0.05, 0) is 30.5 Å². The molecule has 2 N–H and O–H groups in total. The summed E-state index contributed by atoms with van der Waals surface area (Å²) in [7, 11) is 0. The normalized spacial score (nSPS) is 11.6. The maximum atomic E-state index is 12.5. The molecule has 1 aromatic heterocycles. The number of benzene rings is 1. The van der Waals surface area contributed by atoms with Gasteiger partial charge in [0.2, 0.25) is 5.91 Å². The molecule has 0 bridgehead atoms. The number of carbonyl (C=O) groups excluding carboxylic acids is 1. The van der Waals surface area contributed by atoms with Crippen LogP contribution in [0.25, 0.3) is 0 Å². The lowest BCUT2D eigenvalue weighted by Gasteiger charge is -2.25. The first-order valence-corrected chi connectivity index (χ1v) is 7.60. The highest BCUT2D eigenvalue weighted by molar-refractivity contribution is 7.09. The van der Waals surface area contributed by atoms with Crippen LogP contribution in [0.1, 0.15) is 17.4 Å². The molecular formula is C16H21ClN2OS. The van der Waals surface area contributed by atoms with E-state index in [0.717, 1.165) is 5.69 Å². The molecule has 1 aromatic carbocycles. The van der Waals surface area contributed by atoms with E-state index in [0.29, 0.717) is 13.1 Å². The molecule has 114 valence electrons. The molecule has 0 radical (unpaired) electrons. The lowest BCUT2D eigenvalue weighted by molar-refractivity contribution is -0.121. The van der Waals surface area contributed by atoms with Gasteiger partial charge in [0.25, 0.3) is 0 Å². The number of hydrogen-bond acceptors (Lipinski definition) is 3. The average molecular weight is 325 g/mol. The Morgan fingerprint density at radius 3 is 2.48 bits per heavy atom. The summed E-state index contributed by atoms with van der Waals surface area (Å²) in [4.78, 5) is 15.5. The fourth-order valence-electron chi connectivity index (χ4n) is 1.95. The Labute approximate surface area is 136 Å². The van der Waals surface area contributed by atoms with Crippen molar-refractivity contribution in [1.82, 2.24) is 0 Å². The Kier molecular flexibility index (Phi) is 6.89. The minimum atomic E-state index is -0.170. The number of anilines is 1. The van der Waals surface area contributed by atoms with Gasteiger partial charge in [0.05, 0.1) is 6.54 Å². The number of rotatable bonds is 5. The first-order valence-electron chi connectivity index (χ1n) is 6.72. The molecule has 1 atom stereocenters. The predicted molar refractivity (Wildman–Crippen MR) is 92.2 cm³/mol. The topological polar surface area (TPSA) is 46.3 Å². The van der Waals surface area contributed by atoms with Crippen LogP contribution in [0.5, 0.6) is 0 Å². The summed E-state index contributed by atoms with van der Waals surface area (Å²) in [5.41, 5.74) is 7.75. The van der Waals surface area contributed by atoms with E-state index in [2.05, 4.69) is 0 Å². The van der Waals surface area contributed by atoms with E-state index in [4.69, 9.17) is 5.73 Å². The van der Waals surface area contributed by atoms with Crippen molar-refractivity contribution >= 4 is 35.3 Å². The third-order valence-corrected chi connectivity index (χ3v) is 4.14.